The van der Waals surface area contributed by atoms with E-state index in [0.29, 0.717) is 66.7 Å². The van der Waals surface area contributed by atoms with E-state index in [4.69, 9.17) is 18.6 Å². The molecule has 0 bridgehead atoms. The highest BCUT2D eigenvalue weighted by atomic mass is 16.5. The maximum Gasteiger partial charge on any atom is 0.342 e. The van der Waals surface area contributed by atoms with Crippen molar-refractivity contribution < 1.29 is 42.9 Å². The minimum atomic E-state index is -0.719. The van der Waals surface area contributed by atoms with Crippen LogP contribution < -0.4 is 4.74 Å². The number of ketones is 1. The van der Waals surface area contributed by atoms with Crippen LogP contribution in [0.3, 0.4) is 0 Å². The van der Waals surface area contributed by atoms with E-state index in [-0.39, 0.29) is 34.8 Å². The number of hydrogen-bond donors (Lipinski definition) is 1. The summed E-state index contributed by atoms with van der Waals surface area (Å²) in [6, 6.07) is 11.7. The molecule has 0 radical (unpaired) electrons. The molecule has 9 heteroatoms. The van der Waals surface area contributed by atoms with Crippen molar-refractivity contribution in [2.75, 3.05) is 7.11 Å². The molecule has 9 nitrogen and oxygen atoms in total. The van der Waals surface area contributed by atoms with Crippen LogP contribution in [-0.2, 0) is 19.1 Å². The van der Waals surface area contributed by atoms with Gasteiger partial charge in [-0.1, -0.05) is 24.3 Å². The van der Waals surface area contributed by atoms with Gasteiger partial charge in [-0.25, -0.2) is 9.59 Å². The summed E-state index contributed by atoms with van der Waals surface area (Å²) in [5.74, 6) is -1.50. The van der Waals surface area contributed by atoms with Crippen molar-refractivity contribution in [3.63, 3.8) is 0 Å². The summed E-state index contributed by atoms with van der Waals surface area (Å²) in [6.45, 7) is 1.76. The molecule has 1 N–H and O–H groups in total. The van der Waals surface area contributed by atoms with Crippen molar-refractivity contribution in [2.45, 2.75) is 63.9 Å². The van der Waals surface area contributed by atoms with Gasteiger partial charge in [0.2, 0.25) is 0 Å². The first-order chi connectivity index (χ1) is 20.2. The fourth-order valence-corrected chi connectivity index (χ4v) is 5.35. The lowest BCUT2D eigenvalue weighted by Crippen LogP contribution is -2.23. The van der Waals surface area contributed by atoms with Gasteiger partial charge in [0.05, 0.1) is 31.1 Å². The zero-order chi connectivity index (χ0) is 29.8. The first-order valence-electron chi connectivity index (χ1n) is 14.0. The number of allylic oxidation sites excluding steroid dienone is 1. The number of carbonyl (C=O) groups excluding carboxylic acids is 4. The number of phenols is 1. The Morgan fingerprint density at radius 3 is 2.55 bits per heavy atom. The van der Waals surface area contributed by atoms with E-state index < -0.39 is 29.9 Å². The van der Waals surface area contributed by atoms with Crippen molar-refractivity contribution in [3.05, 3.63) is 76.6 Å². The molecular weight excluding hydrogens is 540 g/mol. The van der Waals surface area contributed by atoms with Crippen LogP contribution >= 0.6 is 0 Å². The molecule has 0 saturated carbocycles. The lowest BCUT2D eigenvalue weighted by molar-refractivity contribution is -0.135. The average molecular weight is 573 g/mol. The lowest BCUT2D eigenvalue weighted by Gasteiger charge is -2.26. The molecule has 0 aliphatic carbocycles. The van der Waals surface area contributed by atoms with Gasteiger partial charge in [0.1, 0.15) is 34.4 Å². The number of furan rings is 1. The van der Waals surface area contributed by atoms with E-state index in [2.05, 4.69) is 0 Å². The number of benzene rings is 2. The number of aromatic hydroxyl groups is 1. The third-order valence-electron chi connectivity index (χ3n) is 7.54. The van der Waals surface area contributed by atoms with Crippen LogP contribution in [0.5, 0.6) is 11.5 Å². The van der Waals surface area contributed by atoms with Crippen LogP contribution in [0.1, 0.15) is 95.4 Å². The number of methoxy groups -OCH3 is 1. The third kappa shape index (κ3) is 6.15. The van der Waals surface area contributed by atoms with Crippen LogP contribution in [0.2, 0.25) is 0 Å². The first-order valence-corrected chi connectivity index (χ1v) is 14.0. The molecule has 1 aromatic heterocycles. The molecule has 0 amide bonds. The standard InChI is InChI=1S/C33H32O9/c1-19-7-6-10-23(34)9-5-3-4-8-22-17-27-30(31(36)29(22)33(38)40-19)24(18-28(35)42-27)26-16-15-25(41-26)20-11-13-21(14-12-20)32(37)39-2/h4,8,11-17,19,24,36H,3,5-7,9-10,18H2,1-2H3/t19-,24-/m0/s1. The zero-order valence-corrected chi connectivity index (χ0v) is 23.5. The maximum absolute atomic E-state index is 13.4. The molecule has 3 aromatic rings. The van der Waals surface area contributed by atoms with Crippen molar-refractivity contribution in [1.82, 2.24) is 0 Å². The number of cyclic esters (lactones) is 1. The predicted octanol–water partition coefficient (Wildman–Crippen LogP) is 6.36. The fraction of sp³-hybridized carbons (Fsp3) is 0.333. The Bertz CT molecular complexity index is 1540. The highest BCUT2D eigenvalue weighted by Gasteiger charge is 2.37. The number of hydrogen-bond acceptors (Lipinski definition) is 9. The van der Waals surface area contributed by atoms with E-state index in [1.165, 1.54) is 7.11 Å². The monoisotopic (exact) mass is 572 g/mol. The Morgan fingerprint density at radius 1 is 1.02 bits per heavy atom. The largest absolute Gasteiger partial charge is 0.507 e. The topological polar surface area (TPSA) is 129 Å². The van der Waals surface area contributed by atoms with Gasteiger partial charge in [-0.3, -0.25) is 9.59 Å². The Hall–Kier alpha value is -4.66. The highest BCUT2D eigenvalue weighted by molar-refractivity contribution is 5.98. The summed E-state index contributed by atoms with van der Waals surface area (Å²) in [5.41, 5.74) is 1.70. The van der Waals surface area contributed by atoms with Crippen molar-refractivity contribution >= 4 is 29.8 Å². The summed E-state index contributed by atoms with van der Waals surface area (Å²) in [6.07, 6.45) is 6.24. The molecule has 2 aliphatic heterocycles. The normalized spacial score (nSPS) is 19.6. The minimum Gasteiger partial charge on any atom is -0.507 e. The molecule has 0 saturated heterocycles. The lowest BCUT2D eigenvalue weighted by atomic mass is 9.86. The van der Waals surface area contributed by atoms with Gasteiger partial charge < -0.3 is 23.7 Å². The average Bonchev–Trinajstić information content (AvgIpc) is 3.46. The van der Waals surface area contributed by atoms with Gasteiger partial charge in [0.25, 0.3) is 0 Å². The molecule has 0 unspecified atom stereocenters. The molecule has 42 heavy (non-hydrogen) atoms. The van der Waals surface area contributed by atoms with E-state index in [1.54, 1.807) is 55.5 Å². The summed E-state index contributed by atoms with van der Waals surface area (Å²) < 4.78 is 22.1. The van der Waals surface area contributed by atoms with Gasteiger partial charge in [0, 0.05) is 24.0 Å². The predicted molar refractivity (Wildman–Crippen MR) is 152 cm³/mol. The van der Waals surface area contributed by atoms with Gasteiger partial charge in [-0.2, -0.15) is 0 Å². The number of esters is 3. The van der Waals surface area contributed by atoms with Crippen LogP contribution in [0.25, 0.3) is 17.4 Å². The number of carbonyl (C=O) groups is 4. The SMILES string of the molecule is COC(=O)c1ccc(-c2ccc([C@@H]3CC(=O)Oc4cc5c(c(O)c43)C(=O)O[C@@H](C)CCCC(=O)CCCC=C5)o2)cc1. The molecular formula is C33H32O9. The molecule has 5 rings (SSSR count). The summed E-state index contributed by atoms with van der Waals surface area (Å²) >= 11 is 0. The number of ether oxygens (including phenoxy) is 3. The quantitative estimate of drug-likeness (QED) is 0.281. The van der Waals surface area contributed by atoms with Gasteiger partial charge in [-0.05, 0) is 68.5 Å². The van der Waals surface area contributed by atoms with E-state index >= 15 is 0 Å². The fourth-order valence-electron chi connectivity index (χ4n) is 5.35. The Balaban J connectivity index is 1.53. The van der Waals surface area contributed by atoms with Gasteiger partial charge in [0.15, 0.2) is 0 Å². The number of rotatable bonds is 3. The number of phenolic OH excluding ortho intramolecular Hbond substituents is 1. The van der Waals surface area contributed by atoms with Crippen LogP contribution in [0.15, 0.2) is 53.0 Å². The number of Topliss-reactive ketones (excluding diaryl/α,β-unsaturated/α-hetero) is 1. The first kappa shape index (κ1) is 28.9. The zero-order valence-electron chi connectivity index (χ0n) is 23.5. The molecule has 0 spiro atoms. The summed E-state index contributed by atoms with van der Waals surface area (Å²) in [4.78, 5) is 50.0. The smallest absolute Gasteiger partial charge is 0.342 e. The van der Waals surface area contributed by atoms with Gasteiger partial charge >= 0.3 is 17.9 Å². The van der Waals surface area contributed by atoms with E-state index in [0.717, 1.165) is 0 Å². The molecule has 3 heterocycles. The Labute approximate surface area is 243 Å². The second-order valence-electron chi connectivity index (χ2n) is 10.5. The molecule has 218 valence electrons. The highest BCUT2D eigenvalue weighted by Crippen LogP contribution is 2.48. The van der Waals surface area contributed by atoms with E-state index in [1.807, 2.05) is 6.08 Å². The summed E-state index contributed by atoms with van der Waals surface area (Å²) in [5, 5.41) is 11.6. The molecule has 0 fully saturated rings. The van der Waals surface area contributed by atoms with Crippen LogP contribution in [0, 0.1) is 0 Å². The van der Waals surface area contributed by atoms with Crippen molar-refractivity contribution in [3.8, 4) is 22.8 Å². The van der Waals surface area contributed by atoms with Crippen molar-refractivity contribution in [1.29, 1.82) is 0 Å². The third-order valence-corrected chi connectivity index (χ3v) is 7.54. The minimum absolute atomic E-state index is 0.0156. The van der Waals surface area contributed by atoms with Gasteiger partial charge in [-0.15, -0.1) is 0 Å². The Morgan fingerprint density at radius 2 is 1.79 bits per heavy atom. The second kappa shape index (κ2) is 12.5. The number of fused-ring (bicyclic) bond motifs is 2. The van der Waals surface area contributed by atoms with E-state index in [9.17, 15) is 24.3 Å². The molecule has 2 atom stereocenters. The van der Waals surface area contributed by atoms with Crippen LogP contribution in [0.4, 0.5) is 0 Å². The Kier molecular flexibility index (Phi) is 8.56. The molecule has 2 aromatic carbocycles. The van der Waals surface area contributed by atoms with Crippen molar-refractivity contribution in [2.24, 2.45) is 0 Å². The maximum atomic E-state index is 13.4. The molecule has 2 aliphatic rings. The van der Waals surface area contributed by atoms with Crippen LogP contribution in [-0.4, -0.2) is 42.0 Å². The summed E-state index contributed by atoms with van der Waals surface area (Å²) in [7, 11) is 1.31. The second-order valence-corrected chi connectivity index (χ2v) is 10.5.